The maximum atomic E-state index is 12.2. The number of nitrogens with two attached hydrogens (primary N) is 1. The number of anilines is 2. The number of carbonyl (C=O) groups excluding carboxylic acids is 1. The summed E-state index contributed by atoms with van der Waals surface area (Å²) >= 11 is 6.23. The van der Waals surface area contributed by atoms with Gasteiger partial charge in [-0.05, 0) is 32.0 Å². The van der Waals surface area contributed by atoms with Gasteiger partial charge >= 0.3 is 0 Å². The molecule has 1 amide bonds. The van der Waals surface area contributed by atoms with Gasteiger partial charge in [-0.15, -0.1) is 0 Å². The molecule has 0 saturated carbocycles. The van der Waals surface area contributed by atoms with Crippen molar-refractivity contribution in [1.29, 1.82) is 0 Å². The van der Waals surface area contributed by atoms with Gasteiger partial charge in [-0.25, -0.2) is 0 Å². The Kier molecular flexibility index (Phi) is 3.15. The molecule has 0 aliphatic carbocycles. The molecule has 98 valence electrons. The second kappa shape index (κ2) is 4.35. The molecular formula is C13H18ClN3O. The molecule has 1 aliphatic rings. The number of carbonyl (C=O) groups is 1. The van der Waals surface area contributed by atoms with Crippen LogP contribution in [0.2, 0.25) is 5.02 Å². The van der Waals surface area contributed by atoms with E-state index in [9.17, 15) is 4.79 Å². The van der Waals surface area contributed by atoms with E-state index in [1.165, 1.54) is 0 Å². The zero-order valence-corrected chi connectivity index (χ0v) is 11.7. The molecule has 0 atom stereocenters. The van der Waals surface area contributed by atoms with Gasteiger partial charge in [-0.2, -0.15) is 0 Å². The molecule has 2 N–H and O–H groups in total. The Morgan fingerprint density at radius 1 is 1.33 bits per heavy atom. The lowest BCUT2D eigenvalue weighted by molar-refractivity contribution is -0.136. The van der Waals surface area contributed by atoms with Crippen LogP contribution in [0.15, 0.2) is 18.2 Å². The largest absolute Gasteiger partial charge is 0.399 e. The van der Waals surface area contributed by atoms with Crippen LogP contribution < -0.4 is 10.6 Å². The Morgan fingerprint density at radius 2 is 2.00 bits per heavy atom. The molecule has 18 heavy (non-hydrogen) atoms. The lowest BCUT2D eigenvalue weighted by Gasteiger charge is -2.46. The third-order valence-electron chi connectivity index (χ3n) is 3.47. The molecular weight excluding hydrogens is 250 g/mol. The highest BCUT2D eigenvalue weighted by molar-refractivity contribution is 6.33. The van der Waals surface area contributed by atoms with Crippen molar-refractivity contribution in [3.63, 3.8) is 0 Å². The van der Waals surface area contributed by atoms with E-state index in [2.05, 4.69) is 0 Å². The Balaban J connectivity index is 2.41. The van der Waals surface area contributed by atoms with Crippen LogP contribution in [-0.4, -0.2) is 36.5 Å². The van der Waals surface area contributed by atoms with Gasteiger partial charge < -0.3 is 15.5 Å². The van der Waals surface area contributed by atoms with Gasteiger partial charge in [0, 0.05) is 25.8 Å². The summed E-state index contributed by atoms with van der Waals surface area (Å²) in [6.07, 6.45) is 0. The molecule has 1 aromatic carbocycles. The Labute approximate surface area is 112 Å². The molecule has 4 nitrogen and oxygen atoms in total. The van der Waals surface area contributed by atoms with Crippen LogP contribution in [0.1, 0.15) is 13.8 Å². The number of benzene rings is 1. The van der Waals surface area contributed by atoms with Crippen molar-refractivity contribution in [2.24, 2.45) is 0 Å². The zero-order valence-electron chi connectivity index (χ0n) is 10.9. The Bertz CT molecular complexity index is 487. The number of hydrogen-bond donors (Lipinski definition) is 1. The topological polar surface area (TPSA) is 49.6 Å². The molecule has 1 aliphatic heterocycles. The molecule has 0 bridgehead atoms. The minimum absolute atomic E-state index is 0.0987. The van der Waals surface area contributed by atoms with Crippen molar-refractivity contribution in [3.05, 3.63) is 23.2 Å². The number of piperazine rings is 1. The molecule has 0 aromatic heterocycles. The second-order valence-electron chi connectivity index (χ2n) is 5.15. The van der Waals surface area contributed by atoms with Gasteiger partial charge in [-0.1, -0.05) is 11.6 Å². The predicted molar refractivity (Wildman–Crippen MR) is 74.9 cm³/mol. The first kappa shape index (κ1) is 13.0. The zero-order chi connectivity index (χ0) is 13.5. The summed E-state index contributed by atoms with van der Waals surface area (Å²) < 4.78 is 0. The maximum absolute atomic E-state index is 12.2. The van der Waals surface area contributed by atoms with Gasteiger partial charge in [0.05, 0.1) is 10.7 Å². The third-order valence-corrected chi connectivity index (χ3v) is 3.77. The third kappa shape index (κ3) is 2.01. The Hall–Kier alpha value is -1.42. The molecule has 1 fully saturated rings. The van der Waals surface area contributed by atoms with Gasteiger partial charge in [-0.3, -0.25) is 4.79 Å². The van der Waals surface area contributed by atoms with Crippen LogP contribution in [0, 0.1) is 0 Å². The van der Waals surface area contributed by atoms with Crippen molar-refractivity contribution >= 4 is 28.9 Å². The molecule has 2 rings (SSSR count). The molecule has 5 heteroatoms. The number of nitrogen functional groups attached to an aromatic ring is 1. The predicted octanol–water partition coefficient (Wildman–Crippen LogP) is 1.98. The summed E-state index contributed by atoms with van der Waals surface area (Å²) in [5.74, 6) is 0.0987. The van der Waals surface area contributed by atoms with E-state index in [1.807, 2.05) is 31.9 Å². The number of nitrogens with zero attached hydrogens (tertiary/aromatic N) is 2. The van der Waals surface area contributed by atoms with E-state index in [4.69, 9.17) is 17.3 Å². The summed E-state index contributed by atoms with van der Waals surface area (Å²) in [5.41, 5.74) is 6.59. The van der Waals surface area contributed by atoms with Gasteiger partial charge in [0.2, 0.25) is 5.91 Å². The number of halogens is 1. The van der Waals surface area contributed by atoms with Gasteiger partial charge in [0.1, 0.15) is 5.54 Å². The molecule has 1 aromatic rings. The first-order valence-electron chi connectivity index (χ1n) is 5.92. The van der Waals surface area contributed by atoms with E-state index < -0.39 is 5.54 Å². The van der Waals surface area contributed by atoms with Crippen molar-refractivity contribution < 1.29 is 4.79 Å². The van der Waals surface area contributed by atoms with Crippen LogP contribution in [0.25, 0.3) is 0 Å². The average Bonchev–Trinajstić information content (AvgIpc) is 2.28. The fourth-order valence-electron chi connectivity index (χ4n) is 2.38. The monoisotopic (exact) mass is 267 g/mol. The van der Waals surface area contributed by atoms with Gasteiger partial charge in [0.15, 0.2) is 0 Å². The molecule has 0 unspecified atom stereocenters. The fourth-order valence-corrected chi connectivity index (χ4v) is 2.67. The van der Waals surface area contributed by atoms with E-state index in [1.54, 1.807) is 17.0 Å². The molecule has 1 saturated heterocycles. The summed E-state index contributed by atoms with van der Waals surface area (Å²) in [6, 6.07) is 5.40. The highest BCUT2D eigenvalue weighted by Gasteiger charge is 2.41. The number of hydrogen-bond acceptors (Lipinski definition) is 3. The van der Waals surface area contributed by atoms with Crippen LogP contribution in [-0.2, 0) is 4.79 Å². The second-order valence-corrected chi connectivity index (χ2v) is 5.56. The molecule has 1 heterocycles. The summed E-state index contributed by atoms with van der Waals surface area (Å²) in [5, 5.41) is 0.584. The Morgan fingerprint density at radius 3 is 2.61 bits per heavy atom. The first-order valence-corrected chi connectivity index (χ1v) is 6.30. The van der Waals surface area contributed by atoms with Crippen LogP contribution in [0.3, 0.4) is 0 Å². The van der Waals surface area contributed by atoms with Crippen LogP contribution in [0.5, 0.6) is 0 Å². The first-order chi connectivity index (χ1) is 8.34. The normalized spacial score (nSPS) is 19.2. The lowest BCUT2D eigenvalue weighted by atomic mass is 9.97. The van der Waals surface area contributed by atoms with Crippen LogP contribution in [0.4, 0.5) is 11.4 Å². The minimum Gasteiger partial charge on any atom is -0.399 e. The number of rotatable bonds is 1. The standard InChI is InChI=1S/C13H18ClN3O/c1-13(2)12(18)16(3)6-7-17(13)11-5-4-9(15)8-10(11)14/h4-5,8H,6-7,15H2,1-3H3. The van der Waals surface area contributed by atoms with Crippen molar-refractivity contribution in [1.82, 2.24) is 4.90 Å². The summed E-state index contributed by atoms with van der Waals surface area (Å²) in [7, 11) is 1.83. The van der Waals surface area contributed by atoms with Crippen molar-refractivity contribution in [2.75, 3.05) is 30.8 Å². The fraction of sp³-hybridized carbons (Fsp3) is 0.462. The van der Waals surface area contributed by atoms with Crippen molar-refractivity contribution in [3.8, 4) is 0 Å². The van der Waals surface area contributed by atoms with E-state index in [-0.39, 0.29) is 5.91 Å². The van der Waals surface area contributed by atoms with E-state index in [0.29, 0.717) is 17.3 Å². The summed E-state index contributed by atoms with van der Waals surface area (Å²) in [6.45, 7) is 5.29. The van der Waals surface area contributed by atoms with Crippen LogP contribution >= 0.6 is 11.6 Å². The molecule has 0 spiro atoms. The quantitative estimate of drug-likeness (QED) is 0.792. The van der Waals surface area contributed by atoms with Crippen molar-refractivity contribution in [2.45, 2.75) is 19.4 Å². The highest BCUT2D eigenvalue weighted by atomic mass is 35.5. The van der Waals surface area contributed by atoms with E-state index >= 15 is 0 Å². The number of amides is 1. The number of likely N-dealkylation sites (N-methyl/N-ethyl adjacent to an activating group) is 1. The lowest BCUT2D eigenvalue weighted by Crippen LogP contribution is -2.62. The van der Waals surface area contributed by atoms with E-state index in [0.717, 1.165) is 12.2 Å². The highest BCUT2D eigenvalue weighted by Crippen LogP contribution is 2.34. The minimum atomic E-state index is -0.591. The smallest absolute Gasteiger partial charge is 0.247 e. The molecule has 0 radical (unpaired) electrons. The maximum Gasteiger partial charge on any atom is 0.247 e. The average molecular weight is 268 g/mol. The SMILES string of the molecule is CN1CCN(c2ccc(N)cc2Cl)C(C)(C)C1=O. The summed E-state index contributed by atoms with van der Waals surface area (Å²) in [4.78, 5) is 16.0. The van der Waals surface area contributed by atoms with Gasteiger partial charge in [0.25, 0.3) is 0 Å².